The molecular weight excluding hydrogens is 355 g/mol. The van der Waals surface area contributed by atoms with Crippen molar-refractivity contribution in [2.75, 3.05) is 6.61 Å². The summed E-state index contributed by atoms with van der Waals surface area (Å²) < 4.78 is 23.6. The van der Waals surface area contributed by atoms with Gasteiger partial charge < -0.3 is 0 Å². The van der Waals surface area contributed by atoms with Crippen molar-refractivity contribution in [3.8, 4) is 5.75 Å². The van der Waals surface area contributed by atoms with Crippen LogP contribution in [0.3, 0.4) is 0 Å². The van der Waals surface area contributed by atoms with Gasteiger partial charge in [-0.25, -0.2) is 4.52 Å². The lowest BCUT2D eigenvalue weighted by atomic mass is 9.94. The average Bonchev–Trinajstić information content (AvgIpc) is 2.68. The summed E-state index contributed by atoms with van der Waals surface area (Å²) in [6, 6.07) is 7.97. The van der Waals surface area contributed by atoms with E-state index in [0.29, 0.717) is 24.2 Å². The van der Waals surface area contributed by atoms with Crippen LogP contribution < -0.4 is 4.52 Å². The van der Waals surface area contributed by atoms with Crippen LogP contribution in [0, 0.1) is 5.92 Å². The van der Waals surface area contributed by atoms with E-state index < -0.39 is 8.25 Å². The smallest absolute Gasteiger partial charge is 0.229 e. The van der Waals surface area contributed by atoms with Gasteiger partial charge in [0, 0.05) is 10.1 Å². The molecule has 0 radical (unpaired) electrons. The van der Waals surface area contributed by atoms with Crippen LogP contribution in [0.25, 0.3) is 0 Å². The third-order valence-electron chi connectivity index (χ3n) is 5.32. The van der Waals surface area contributed by atoms with E-state index in [1.165, 1.54) is 44.9 Å². The van der Waals surface area contributed by atoms with Crippen molar-refractivity contribution < 1.29 is 13.6 Å². The summed E-state index contributed by atoms with van der Waals surface area (Å²) in [5.74, 6) is 1.57. The van der Waals surface area contributed by atoms with Gasteiger partial charge in [0.25, 0.3) is 0 Å². The third-order valence-corrected chi connectivity index (χ3v) is 6.03. The number of para-hydroxylation sites is 1. The van der Waals surface area contributed by atoms with Crippen molar-refractivity contribution in [2.45, 2.75) is 97.8 Å². The molecule has 0 bridgehead atoms. The van der Waals surface area contributed by atoms with Gasteiger partial charge >= 0.3 is 8.25 Å². The molecule has 0 fully saturated rings. The number of rotatable bonds is 16. The molecule has 0 saturated heterocycles. The maximum Gasteiger partial charge on any atom is 0.750 e. The van der Waals surface area contributed by atoms with Crippen molar-refractivity contribution in [3.63, 3.8) is 0 Å². The van der Waals surface area contributed by atoms with E-state index in [1.54, 1.807) is 0 Å². The van der Waals surface area contributed by atoms with Gasteiger partial charge in [-0.2, -0.15) is 0 Å². The van der Waals surface area contributed by atoms with Gasteiger partial charge in [-0.05, 0) is 30.7 Å². The van der Waals surface area contributed by atoms with Gasteiger partial charge in [-0.3, -0.25) is 0 Å². The van der Waals surface area contributed by atoms with Crippen LogP contribution in [-0.4, -0.2) is 6.61 Å². The summed E-state index contributed by atoms with van der Waals surface area (Å²) in [5, 5.41) is 0. The first kappa shape index (κ1) is 24.1. The topological polar surface area (TPSA) is 35.5 Å². The SMILES string of the molecule is CCCCCCCC(C)c1ccccc1O[P+](=O)OCC(CC)CCCC. The van der Waals surface area contributed by atoms with Crippen LogP contribution in [0.4, 0.5) is 0 Å². The predicted molar refractivity (Wildman–Crippen MR) is 116 cm³/mol. The van der Waals surface area contributed by atoms with Crippen molar-refractivity contribution >= 4 is 8.25 Å². The van der Waals surface area contributed by atoms with Crippen LogP contribution in [0.5, 0.6) is 5.75 Å². The molecule has 4 heteroatoms. The standard InChI is InChI=1S/C23H40O3P/c1-5-8-10-11-12-15-20(4)22-17-13-14-18-23(22)26-27(24)25-19-21(7-3)16-9-6-2/h13-14,17-18,20-21H,5-12,15-16,19H2,1-4H3/q+1. The zero-order valence-electron chi connectivity index (χ0n) is 17.9. The lowest BCUT2D eigenvalue weighted by molar-refractivity contribution is 0.221. The average molecular weight is 396 g/mol. The van der Waals surface area contributed by atoms with E-state index >= 15 is 0 Å². The highest BCUT2D eigenvalue weighted by molar-refractivity contribution is 7.33. The molecule has 27 heavy (non-hydrogen) atoms. The minimum Gasteiger partial charge on any atom is -0.229 e. The Kier molecular flexibility index (Phi) is 13.4. The highest BCUT2D eigenvalue weighted by atomic mass is 31.1. The molecule has 0 amide bonds. The van der Waals surface area contributed by atoms with Gasteiger partial charge in [0.1, 0.15) is 6.61 Å². The lowest BCUT2D eigenvalue weighted by Gasteiger charge is -2.13. The summed E-state index contributed by atoms with van der Waals surface area (Å²) in [4.78, 5) is 0. The third kappa shape index (κ3) is 10.3. The van der Waals surface area contributed by atoms with Crippen LogP contribution in [0.2, 0.25) is 0 Å². The van der Waals surface area contributed by atoms with Crippen LogP contribution >= 0.6 is 8.25 Å². The predicted octanol–water partition coefficient (Wildman–Crippen LogP) is 8.42. The van der Waals surface area contributed by atoms with E-state index in [0.717, 1.165) is 24.8 Å². The molecule has 0 aliphatic heterocycles. The van der Waals surface area contributed by atoms with Crippen molar-refractivity contribution in [1.29, 1.82) is 0 Å². The van der Waals surface area contributed by atoms with E-state index in [4.69, 9.17) is 9.05 Å². The normalized spacial score (nSPS) is 14.0. The molecule has 3 unspecified atom stereocenters. The van der Waals surface area contributed by atoms with Gasteiger partial charge in [-0.15, -0.1) is 4.52 Å². The highest BCUT2D eigenvalue weighted by Gasteiger charge is 2.26. The number of benzene rings is 1. The second kappa shape index (κ2) is 15.1. The molecule has 1 aromatic rings. The summed E-state index contributed by atoms with van der Waals surface area (Å²) in [5.41, 5.74) is 1.14. The fourth-order valence-corrected chi connectivity index (χ4v) is 4.06. The number of hydrogen-bond acceptors (Lipinski definition) is 3. The van der Waals surface area contributed by atoms with E-state index in [2.05, 4.69) is 33.8 Å². The Morgan fingerprint density at radius 1 is 0.926 bits per heavy atom. The summed E-state index contributed by atoms with van der Waals surface area (Å²) >= 11 is 0. The molecule has 0 N–H and O–H groups in total. The van der Waals surface area contributed by atoms with Gasteiger partial charge in [0.05, 0.1) is 0 Å². The fraction of sp³-hybridized carbons (Fsp3) is 0.739. The molecule has 0 spiro atoms. The second-order valence-corrected chi connectivity index (χ2v) is 8.56. The minimum absolute atomic E-state index is 0.402. The van der Waals surface area contributed by atoms with E-state index in [-0.39, 0.29) is 0 Å². The summed E-state index contributed by atoms with van der Waals surface area (Å²) in [6.07, 6.45) is 12.1. The van der Waals surface area contributed by atoms with Crippen molar-refractivity contribution in [1.82, 2.24) is 0 Å². The first-order valence-corrected chi connectivity index (χ1v) is 12.1. The molecular formula is C23H40O3P+. The fourth-order valence-electron chi connectivity index (χ4n) is 3.35. The second-order valence-electron chi connectivity index (χ2n) is 7.67. The minimum atomic E-state index is -2.12. The molecule has 1 aromatic carbocycles. The van der Waals surface area contributed by atoms with Crippen molar-refractivity contribution in [2.24, 2.45) is 5.92 Å². The Bertz CT molecular complexity index is 518. The quantitative estimate of drug-likeness (QED) is 0.208. The maximum absolute atomic E-state index is 12.3. The number of unbranched alkanes of at least 4 members (excludes halogenated alkanes) is 5. The first-order chi connectivity index (χ1) is 13.1. The van der Waals surface area contributed by atoms with Crippen molar-refractivity contribution in [3.05, 3.63) is 29.8 Å². The molecule has 0 heterocycles. The molecule has 3 nitrogen and oxygen atoms in total. The zero-order valence-corrected chi connectivity index (χ0v) is 18.8. The molecule has 3 atom stereocenters. The molecule has 0 aromatic heterocycles. The van der Waals surface area contributed by atoms with Gasteiger partial charge in [0.2, 0.25) is 0 Å². The zero-order chi connectivity index (χ0) is 19.9. The van der Waals surface area contributed by atoms with E-state index in [9.17, 15) is 4.57 Å². The Morgan fingerprint density at radius 3 is 2.33 bits per heavy atom. The molecule has 0 aliphatic rings. The largest absolute Gasteiger partial charge is 0.750 e. The summed E-state index contributed by atoms with van der Waals surface area (Å²) in [6.45, 7) is 9.34. The molecule has 0 aliphatic carbocycles. The van der Waals surface area contributed by atoms with Crippen LogP contribution in [-0.2, 0) is 9.09 Å². The molecule has 154 valence electrons. The van der Waals surface area contributed by atoms with Crippen LogP contribution in [0.1, 0.15) is 103 Å². The first-order valence-electron chi connectivity index (χ1n) is 11.0. The van der Waals surface area contributed by atoms with E-state index in [1.807, 2.05) is 18.2 Å². The monoisotopic (exact) mass is 395 g/mol. The number of hydrogen-bond donors (Lipinski definition) is 0. The Morgan fingerprint density at radius 2 is 1.63 bits per heavy atom. The highest BCUT2D eigenvalue weighted by Crippen LogP contribution is 2.36. The Labute approximate surface area is 168 Å². The summed E-state index contributed by atoms with van der Waals surface area (Å²) in [7, 11) is -2.12. The van der Waals surface area contributed by atoms with Gasteiger partial charge in [-0.1, -0.05) is 97.3 Å². The van der Waals surface area contributed by atoms with Crippen LogP contribution in [0.15, 0.2) is 24.3 Å². The Balaban J connectivity index is 2.51. The lowest BCUT2D eigenvalue weighted by Crippen LogP contribution is -2.07. The molecule has 1 rings (SSSR count). The molecule has 0 saturated carbocycles. The van der Waals surface area contributed by atoms with Gasteiger partial charge in [0.15, 0.2) is 5.75 Å². The maximum atomic E-state index is 12.3. The Hall–Kier alpha value is -0.920.